The number of aryl methyl sites for hydroxylation is 1. The minimum Gasteiger partial charge on any atom is -0.496 e. The zero-order chi connectivity index (χ0) is 19.3. The monoisotopic (exact) mass is 355 g/mol. The third kappa shape index (κ3) is 4.78. The molecule has 2 aromatic rings. The summed E-state index contributed by atoms with van der Waals surface area (Å²) in [5.74, 6) is 1.83. The van der Waals surface area contributed by atoms with Gasteiger partial charge in [-0.25, -0.2) is 0 Å². The maximum atomic E-state index is 12.8. The fourth-order valence-corrected chi connectivity index (χ4v) is 2.94. The van der Waals surface area contributed by atoms with Crippen LogP contribution in [0.25, 0.3) is 0 Å². The topological polar surface area (TPSA) is 38.8 Å². The predicted octanol–water partition coefficient (Wildman–Crippen LogP) is 4.55. The van der Waals surface area contributed by atoms with Gasteiger partial charge in [-0.1, -0.05) is 44.2 Å². The number of rotatable bonds is 7. The van der Waals surface area contributed by atoms with Crippen LogP contribution in [0.3, 0.4) is 0 Å². The molecule has 0 radical (unpaired) electrons. The van der Waals surface area contributed by atoms with Crippen molar-refractivity contribution in [1.29, 1.82) is 0 Å². The molecule has 0 aliphatic carbocycles. The minimum absolute atomic E-state index is 0.0629. The van der Waals surface area contributed by atoms with Crippen LogP contribution >= 0.6 is 0 Å². The molecule has 0 fully saturated rings. The van der Waals surface area contributed by atoms with Crippen LogP contribution in [0.1, 0.15) is 43.4 Å². The molecule has 0 unspecified atom stereocenters. The fourth-order valence-electron chi connectivity index (χ4n) is 2.94. The standard InChI is InChI=1S/C22H29NO3/c1-15(2)19-12-11-16(3)13-21(19)26-17(4)22(24)23(5)14-18-9-7-8-10-20(18)25-6/h7-13,15,17H,14H2,1-6H3/t17-/m1/s1. The third-order valence-electron chi connectivity index (χ3n) is 4.42. The first-order chi connectivity index (χ1) is 12.3. The first kappa shape index (κ1) is 19.8. The smallest absolute Gasteiger partial charge is 0.263 e. The van der Waals surface area contributed by atoms with Crippen molar-refractivity contribution < 1.29 is 14.3 Å². The normalized spacial score (nSPS) is 12.0. The molecule has 0 heterocycles. The van der Waals surface area contributed by atoms with Crippen LogP contribution in [0.2, 0.25) is 0 Å². The molecular formula is C22H29NO3. The molecule has 4 heteroatoms. The Morgan fingerprint density at radius 1 is 1.08 bits per heavy atom. The van der Waals surface area contributed by atoms with E-state index in [1.54, 1.807) is 26.0 Å². The molecule has 0 bridgehead atoms. The van der Waals surface area contributed by atoms with Crippen molar-refractivity contribution >= 4 is 5.91 Å². The summed E-state index contributed by atoms with van der Waals surface area (Å²) in [6.07, 6.45) is -0.561. The van der Waals surface area contributed by atoms with Gasteiger partial charge >= 0.3 is 0 Å². The second-order valence-electron chi connectivity index (χ2n) is 6.96. The number of hydrogen-bond donors (Lipinski definition) is 0. The number of para-hydroxylation sites is 1. The summed E-state index contributed by atoms with van der Waals surface area (Å²) in [4.78, 5) is 14.5. The van der Waals surface area contributed by atoms with Gasteiger partial charge in [-0.15, -0.1) is 0 Å². The lowest BCUT2D eigenvalue weighted by molar-refractivity contribution is -0.137. The average Bonchev–Trinajstić information content (AvgIpc) is 2.61. The minimum atomic E-state index is -0.561. The Hall–Kier alpha value is -2.49. The molecule has 0 N–H and O–H groups in total. The van der Waals surface area contributed by atoms with Gasteiger partial charge < -0.3 is 14.4 Å². The van der Waals surface area contributed by atoms with Gasteiger partial charge in [0.25, 0.3) is 5.91 Å². The van der Waals surface area contributed by atoms with Crippen molar-refractivity contribution in [3.63, 3.8) is 0 Å². The van der Waals surface area contributed by atoms with Crippen molar-refractivity contribution in [2.75, 3.05) is 14.2 Å². The van der Waals surface area contributed by atoms with Crippen molar-refractivity contribution in [3.05, 3.63) is 59.2 Å². The molecule has 2 aromatic carbocycles. The molecule has 0 saturated carbocycles. The summed E-state index contributed by atoms with van der Waals surface area (Å²) in [7, 11) is 3.42. The Labute approximate surface area is 156 Å². The van der Waals surface area contributed by atoms with Crippen LogP contribution in [-0.4, -0.2) is 31.1 Å². The largest absolute Gasteiger partial charge is 0.496 e. The SMILES string of the molecule is COc1ccccc1CN(C)C(=O)[C@@H](C)Oc1cc(C)ccc1C(C)C. The quantitative estimate of drug-likeness (QED) is 0.731. The number of hydrogen-bond acceptors (Lipinski definition) is 3. The summed E-state index contributed by atoms with van der Waals surface area (Å²) in [6.45, 7) is 8.54. The number of ether oxygens (including phenoxy) is 2. The Morgan fingerprint density at radius 3 is 2.42 bits per heavy atom. The molecule has 1 atom stereocenters. The molecule has 0 aliphatic rings. The molecule has 0 aliphatic heterocycles. The number of nitrogens with zero attached hydrogens (tertiary/aromatic N) is 1. The highest BCUT2D eigenvalue weighted by Crippen LogP contribution is 2.28. The predicted molar refractivity (Wildman–Crippen MR) is 105 cm³/mol. The van der Waals surface area contributed by atoms with Crippen LogP contribution in [0.5, 0.6) is 11.5 Å². The maximum Gasteiger partial charge on any atom is 0.263 e. The van der Waals surface area contributed by atoms with E-state index in [1.165, 1.54) is 0 Å². The first-order valence-electron chi connectivity index (χ1n) is 8.97. The maximum absolute atomic E-state index is 12.8. The van der Waals surface area contributed by atoms with Gasteiger partial charge in [0.2, 0.25) is 0 Å². The van der Waals surface area contributed by atoms with E-state index in [0.29, 0.717) is 12.5 Å². The van der Waals surface area contributed by atoms with Crippen molar-refractivity contribution in [3.8, 4) is 11.5 Å². The summed E-state index contributed by atoms with van der Waals surface area (Å²) >= 11 is 0. The lowest BCUT2D eigenvalue weighted by Gasteiger charge is -2.24. The number of likely N-dealkylation sites (N-methyl/N-ethyl adjacent to an activating group) is 1. The number of methoxy groups -OCH3 is 1. The zero-order valence-corrected chi connectivity index (χ0v) is 16.6. The molecule has 2 rings (SSSR count). The molecule has 140 valence electrons. The number of carbonyl (C=O) groups is 1. The van der Waals surface area contributed by atoms with Crippen molar-refractivity contribution in [2.45, 2.75) is 46.3 Å². The van der Waals surface area contributed by atoms with E-state index >= 15 is 0 Å². The van der Waals surface area contributed by atoms with E-state index in [0.717, 1.165) is 28.2 Å². The Balaban J connectivity index is 2.11. The third-order valence-corrected chi connectivity index (χ3v) is 4.42. The van der Waals surface area contributed by atoms with E-state index in [4.69, 9.17) is 9.47 Å². The lowest BCUT2D eigenvalue weighted by Crippen LogP contribution is -2.37. The van der Waals surface area contributed by atoms with Crippen LogP contribution in [0.15, 0.2) is 42.5 Å². The summed E-state index contributed by atoms with van der Waals surface area (Å²) in [5, 5.41) is 0. The first-order valence-corrected chi connectivity index (χ1v) is 8.97. The highest BCUT2D eigenvalue weighted by Gasteiger charge is 2.22. The molecule has 4 nitrogen and oxygen atoms in total. The second kappa shape index (κ2) is 8.75. The van der Waals surface area contributed by atoms with Gasteiger partial charge in [0.15, 0.2) is 6.10 Å². The summed E-state index contributed by atoms with van der Waals surface area (Å²) < 4.78 is 11.4. The van der Waals surface area contributed by atoms with Gasteiger partial charge in [-0.2, -0.15) is 0 Å². The molecule has 26 heavy (non-hydrogen) atoms. The lowest BCUT2D eigenvalue weighted by atomic mass is 10.0. The van der Waals surface area contributed by atoms with Crippen molar-refractivity contribution in [1.82, 2.24) is 4.90 Å². The Morgan fingerprint density at radius 2 is 1.77 bits per heavy atom. The second-order valence-corrected chi connectivity index (χ2v) is 6.96. The number of benzene rings is 2. The van der Waals surface area contributed by atoms with Crippen LogP contribution in [0.4, 0.5) is 0 Å². The van der Waals surface area contributed by atoms with Gasteiger partial charge in [0.05, 0.1) is 7.11 Å². The number of amides is 1. The van der Waals surface area contributed by atoms with Gasteiger partial charge in [0.1, 0.15) is 11.5 Å². The van der Waals surface area contributed by atoms with Crippen molar-refractivity contribution in [2.24, 2.45) is 0 Å². The molecule has 0 aromatic heterocycles. The van der Waals surface area contributed by atoms with Gasteiger partial charge in [-0.3, -0.25) is 4.79 Å². The molecule has 1 amide bonds. The van der Waals surface area contributed by atoms with E-state index < -0.39 is 6.10 Å². The Bertz CT molecular complexity index is 755. The summed E-state index contributed by atoms with van der Waals surface area (Å²) in [6, 6.07) is 13.9. The average molecular weight is 355 g/mol. The fraction of sp³-hybridized carbons (Fsp3) is 0.409. The highest BCUT2D eigenvalue weighted by atomic mass is 16.5. The molecule has 0 spiro atoms. The van der Waals surface area contributed by atoms with Crippen LogP contribution in [-0.2, 0) is 11.3 Å². The highest BCUT2D eigenvalue weighted by molar-refractivity contribution is 5.80. The van der Waals surface area contributed by atoms with Crippen LogP contribution in [0, 0.1) is 6.92 Å². The van der Waals surface area contributed by atoms with Gasteiger partial charge in [-0.05, 0) is 43.0 Å². The Kier molecular flexibility index (Phi) is 6.67. The van der Waals surface area contributed by atoms with E-state index in [2.05, 4.69) is 26.0 Å². The van der Waals surface area contributed by atoms with E-state index in [-0.39, 0.29) is 5.91 Å². The molecular weight excluding hydrogens is 326 g/mol. The van der Waals surface area contributed by atoms with E-state index in [9.17, 15) is 4.79 Å². The van der Waals surface area contributed by atoms with Crippen LogP contribution < -0.4 is 9.47 Å². The zero-order valence-electron chi connectivity index (χ0n) is 16.6. The summed E-state index contributed by atoms with van der Waals surface area (Å²) in [5.41, 5.74) is 3.20. The van der Waals surface area contributed by atoms with E-state index in [1.807, 2.05) is 37.3 Å². The molecule has 0 saturated heterocycles. The van der Waals surface area contributed by atoms with Gasteiger partial charge in [0, 0.05) is 19.2 Å². The number of carbonyl (C=O) groups excluding carboxylic acids is 1.